The fourth-order valence-electron chi connectivity index (χ4n) is 2.16. The third kappa shape index (κ3) is 4.70. The van der Waals surface area contributed by atoms with Crippen LogP contribution in [0.1, 0.15) is 36.2 Å². The number of hydrogen-bond acceptors (Lipinski definition) is 3. The average Bonchev–Trinajstić information content (AvgIpc) is 2.46. The third-order valence-electron chi connectivity index (χ3n) is 3.42. The van der Waals surface area contributed by atoms with E-state index in [0.717, 1.165) is 12.8 Å². The number of halogens is 2. The Morgan fingerprint density at radius 1 is 1.40 bits per heavy atom. The predicted molar refractivity (Wildman–Crippen MR) is 86.2 cm³/mol. The molecule has 0 aliphatic heterocycles. The quantitative estimate of drug-likeness (QED) is 0.438. The van der Waals surface area contributed by atoms with Crippen LogP contribution >= 0.6 is 22.6 Å². The zero-order chi connectivity index (χ0) is 15.1. The van der Waals surface area contributed by atoms with Gasteiger partial charge in [0.2, 0.25) is 0 Å². The molecular formula is C15H21FINO2. The highest BCUT2D eigenvalue weighted by atomic mass is 127. The number of carbonyl (C=O) groups excluding carboxylic acids is 1. The normalized spacial score (nSPS) is 14.1. The number of ether oxygens (including phenoxy) is 1. The van der Waals surface area contributed by atoms with Crippen molar-refractivity contribution in [3.8, 4) is 0 Å². The minimum Gasteiger partial charge on any atom is -0.460 e. The third-order valence-corrected chi connectivity index (χ3v) is 4.65. The van der Waals surface area contributed by atoms with Crippen molar-refractivity contribution in [1.82, 2.24) is 0 Å². The molecule has 0 radical (unpaired) electrons. The van der Waals surface area contributed by atoms with Crippen LogP contribution in [-0.2, 0) is 9.53 Å². The number of rotatable bonds is 7. The van der Waals surface area contributed by atoms with E-state index in [0.29, 0.717) is 12.1 Å². The van der Waals surface area contributed by atoms with Gasteiger partial charge in [0.15, 0.2) is 0 Å². The molecule has 1 aromatic rings. The average molecular weight is 393 g/mol. The minimum atomic E-state index is -0.522. The Labute approximate surface area is 133 Å². The van der Waals surface area contributed by atoms with Crippen molar-refractivity contribution in [2.45, 2.75) is 36.7 Å². The first-order valence-corrected chi connectivity index (χ1v) is 8.08. The molecule has 0 fully saturated rings. The fraction of sp³-hybridized carbons (Fsp3) is 0.533. The van der Waals surface area contributed by atoms with Crippen molar-refractivity contribution in [3.05, 3.63) is 35.6 Å². The largest absolute Gasteiger partial charge is 0.460 e. The van der Waals surface area contributed by atoms with E-state index in [1.165, 1.54) is 12.1 Å². The molecule has 1 unspecified atom stereocenters. The Kier molecular flexibility index (Phi) is 7.43. The van der Waals surface area contributed by atoms with Crippen LogP contribution in [0.3, 0.4) is 0 Å². The summed E-state index contributed by atoms with van der Waals surface area (Å²) in [7, 11) is 0. The number of hydrogen-bond donors (Lipinski definition) is 1. The number of benzene rings is 1. The van der Waals surface area contributed by atoms with Crippen molar-refractivity contribution >= 4 is 28.6 Å². The van der Waals surface area contributed by atoms with Crippen molar-refractivity contribution < 1.29 is 13.9 Å². The molecule has 0 aliphatic carbocycles. The Hall–Kier alpha value is -0.690. The van der Waals surface area contributed by atoms with Crippen LogP contribution in [0.25, 0.3) is 0 Å². The van der Waals surface area contributed by atoms with Crippen molar-refractivity contribution in [2.24, 2.45) is 11.7 Å². The summed E-state index contributed by atoms with van der Waals surface area (Å²) >= 11 is 1.97. The molecular weight excluding hydrogens is 372 g/mol. The van der Waals surface area contributed by atoms with Gasteiger partial charge < -0.3 is 10.5 Å². The second-order valence-corrected chi connectivity index (χ2v) is 5.95. The van der Waals surface area contributed by atoms with E-state index in [2.05, 4.69) is 13.8 Å². The molecule has 1 aromatic carbocycles. The van der Waals surface area contributed by atoms with Gasteiger partial charge in [-0.25, -0.2) is 4.39 Å². The second-order valence-electron chi connectivity index (χ2n) is 4.71. The molecule has 112 valence electrons. The maximum Gasteiger partial charge on any atom is 0.323 e. The van der Waals surface area contributed by atoms with E-state index < -0.39 is 3.92 Å². The van der Waals surface area contributed by atoms with Gasteiger partial charge in [-0.2, -0.15) is 0 Å². The van der Waals surface area contributed by atoms with E-state index in [1.54, 1.807) is 12.1 Å². The summed E-state index contributed by atoms with van der Waals surface area (Å²) in [6.07, 6.45) is 1.55. The van der Waals surface area contributed by atoms with Crippen molar-refractivity contribution in [2.75, 3.05) is 6.54 Å². The molecule has 3 nitrogen and oxygen atoms in total. The van der Waals surface area contributed by atoms with E-state index in [9.17, 15) is 9.18 Å². The highest BCUT2D eigenvalue weighted by Gasteiger charge is 2.26. The lowest BCUT2D eigenvalue weighted by atomic mass is 9.96. The van der Waals surface area contributed by atoms with E-state index in [4.69, 9.17) is 10.5 Å². The molecule has 0 spiro atoms. The molecule has 2 atom stereocenters. The lowest BCUT2D eigenvalue weighted by Crippen LogP contribution is -2.34. The Morgan fingerprint density at radius 2 is 2.05 bits per heavy atom. The molecule has 5 heteroatoms. The lowest BCUT2D eigenvalue weighted by Gasteiger charge is -2.25. The summed E-state index contributed by atoms with van der Waals surface area (Å²) in [5.41, 5.74) is 6.30. The first-order chi connectivity index (χ1) is 9.53. The zero-order valence-electron chi connectivity index (χ0n) is 11.8. The summed E-state index contributed by atoms with van der Waals surface area (Å²) in [5, 5.41) is 0. The molecule has 20 heavy (non-hydrogen) atoms. The predicted octanol–water partition coefficient (Wildman–Crippen LogP) is 3.61. The van der Waals surface area contributed by atoms with Gasteiger partial charge in [0.1, 0.15) is 15.8 Å². The maximum atomic E-state index is 13.2. The van der Waals surface area contributed by atoms with Crippen LogP contribution in [0.15, 0.2) is 24.3 Å². The van der Waals surface area contributed by atoms with Gasteiger partial charge in [-0.1, -0.05) is 48.6 Å². The first kappa shape index (κ1) is 17.4. The van der Waals surface area contributed by atoms with Crippen molar-refractivity contribution in [1.29, 1.82) is 0 Å². The number of alkyl halides is 1. The monoisotopic (exact) mass is 393 g/mol. The van der Waals surface area contributed by atoms with Crippen LogP contribution in [-0.4, -0.2) is 18.6 Å². The molecule has 0 saturated carbocycles. The molecule has 0 saturated heterocycles. The fourth-order valence-corrected chi connectivity index (χ4v) is 2.69. The van der Waals surface area contributed by atoms with Crippen LogP contribution in [0.2, 0.25) is 0 Å². The van der Waals surface area contributed by atoms with Crippen molar-refractivity contribution in [3.63, 3.8) is 0 Å². The minimum absolute atomic E-state index is 0.264. The Bertz CT molecular complexity index is 438. The molecule has 0 aliphatic rings. The summed E-state index contributed by atoms with van der Waals surface area (Å²) in [4.78, 5) is 12.2. The maximum absolute atomic E-state index is 13.2. The number of carbonyl (C=O) groups is 1. The Balaban J connectivity index is 2.74. The van der Waals surface area contributed by atoms with Crippen LogP contribution in [0.4, 0.5) is 4.39 Å². The van der Waals surface area contributed by atoms with Crippen LogP contribution in [0.5, 0.6) is 0 Å². The summed E-state index contributed by atoms with van der Waals surface area (Å²) in [6, 6.07) is 6.01. The SMILES string of the molecule is CCC(CC)[C@H](CN)OC(=O)C(I)c1cccc(F)c1. The standard InChI is InChI=1S/C15H21FINO2/c1-3-10(4-2)13(9-18)20-15(19)14(17)11-6-5-7-12(16)8-11/h5-8,10,13-14H,3-4,9,18H2,1-2H3/t13-,14?/m0/s1. The number of nitrogens with two attached hydrogens (primary N) is 1. The molecule has 2 N–H and O–H groups in total. The number of esters is 1. The highest BCUT2D eigenvalue weighted by Crippen LogP contribution is 2.27. The van der Waals surface area contributed by atoms with E-state index in [1.807, 2.05) is 22.6 Å². The van der Waals surface area contributed by atoms with Gasteiger partial charge >= 0.3 is 5.97 Å². The Morgan fingerprint density at radius 3 is 2.55 bits per heavy atom. The molecule has 0 aromatic heterocycles. The molecule has 0 heterocycles. The van der Waals surface area contributed by atoms with Gasteiger partial charge in [-0.3, -0.25) is 4.79 Å². The summed E-state index contributed by atoms with van der Waals surface area (Å²) < 4.78 is 18.2. The first-order valence-electron chi connectivity index (χ1n) is 6.83. The smallest absolute Gasteiger partial charge is 0.323 e. The van der Waals surface area contributed by atoms with Gasteiger partial charge in [0.05, 0.1) is 0 Å². The topological polar surface area (TPSA) is 52.3 Å². The zero-order valence-corrected chi connectivity index (χ0v) is 14.0. The highest BCUT2D eigenvalue weighted by molar-refractivity contribution is 14.1. The van der Waals surface area contributed by atoms with Gasteiger partial charge in [0, 0.05) is 6.54 Å². The summed E-state index contributed by atoms with van der Waals surface area (Å²) in [6.45, 7) is 4.42. The summed E-state index contributed by atoms with van der Waals surface area (Å²) in [5.74, 6) is -0.453. The van der Waals surface area contributed by atoms with E-state index >= 15 is 0 Å². The van der Waals surface area contributed by atoms with Gasteiger partial charge in [-0.05, 0) is 36.5 Å². The molecule has 0 bridgehead atoms. The lowest BCUT2D eigenvalue weighted by molar-refractivity contribution is -0.150. The second kappa shape index (κ2) is 8.56. The van der Waals surface area contributed by atoms with Crippen LogP contribution < -0.4 is 5.73 Å². The van der Waals surface area contributed by atoms with Gasteiger partial charge in [0.25, 0.3) is 0 Å². The van der Waals surface area contributed by atoms with Crippen LogP contribution in [0, 0.1) is 11.7 Å². The molecule has 1 rings (SSSR count). The molecule has 0 amide bonds. The van der Waals surface area contributed by atoms with E-state index in [-0.39, 0.29) is 23.8 Å². The van der Waals surface area contributed by atoms with Gasteiger partial charge in [-0.15, -0.1) is 0 Å².